The van der Waals surface area contributed by atoms with Crippen molar-refractivity contribution in [2.24, 2.45) is 5.73 Å². The fourth-order valence-electron chi connectivity index (χ4n) is 0.829. The first-order chi connectivity index (χ1) is 4.85. The van der Waals surface area contributed by atoms with Crippen LogP contribution in [0.5, 0.6) is 0 Å². The van der Waals surface area contributed by atoms with E-state index in [1.54, 1.807) is 0 Å². The van der Waals surface area contributed by atoms with Crippen LogP contribution in [-0.4, -0.2) is 32.7 Å². The Bertz CT molecular complexity index is 61.9. The van der Waals surface area contributed by atoms with E-state index >= 15 is 0 Å². The predicted octanol–water partition coefficient (Wildman–Crippen LogP) is -0.467. The summed E-state index contributed by atoms with van der Waals surface area (Å²) in [5.41, 5.74) is 5.31. The zero-order valence-corrected chi connectivity index (χ0v) is 6.98. The van der Waals surface area contributed by atoms with Gasteiger partial charge in [-0.3, -0.25) is 0 Å². The van der Waals surface area contributed by atoms with Gasteiger partial charge in [-0.25, -0.2) is 0 Å². The highest BCUT2D eigenvalue weighted by Gasteiger charge is 1.99. The second-order valence-electron chi connectivity index (χ2n) is 2.39. The van der Waals surface area contributed by atoms with Crippen molar-refractivity contribution in [2.75, 3.05) is 26.7 Å². The molecule has 3 heteroatoms. The van der Waals surface area contributed by atoms with Crippen molar-refractivity contribution in [1.29, 1.82) is 0 Å². The Balaban J connectivity index is 3.09. The van der Waals surface area contributed by atoms with Crippen molar-refractivity contribution in [3.8, 4) is 0 Å². The molecule has 0 fully saturated rings. The van der Waals surface area contributed by atoms with Gasteiger partial charge in [0.05, 0.1) is 0 Å². The second-order valence-corrected chi connectivity index (χ2v) is 2.39. The van der Waals surface area contributed by atoms with Crippen LogP contribution >= 0.6 is 0 Å². The monoisotopic (exact) mass is 145 g/mol. The van der Waals surface area contributed by atoms with E-state index < -0.39 is 0 Å². The van der Waals surface area contributed by atoms with Gasteiger partial charge in [0.15, 0.2) is 0 Å². The lowest BCUT2D eigenvalue weighted by Gasteiger charge is -2.13. The van der Waals surface area contributed by atoms with E-state index in [9.17, 15) is 0 Å². The molecule has 0 bridgehead atoms. The molecule has 3 nitrogen and oxygen atoms in total. The minimum atomic E-state index is 0.589. The summed E-state index contributed by atoms with van der Waals surface area (Å²) in [6, 6.07) is 0.589. The van der Waals surface area contributed by atoms with Crippen LogP contribution in [0.3, 0.4) is 0 Å². The maximum Gasteiger partial charge on any atom is 0.0186 e. The molecule has 0 rings (SSSR count). The Morgan fingerprint density at radius 3 is 2.60 bits per heavy atom. The molecule has 0 aliphatic carbocycles. The molecule has 0 saturated heterocycles. The third-order valence-electron chi connectivity index (χ3n) is 1.61. The summed E-state index contributed by atoms with van der Waals surface area (Å²) in [6.07, 6.45) is 1.16. The summed E-state index contributed by atoms with van der Waals surface area (Å²) < 4.78 is 0. The van der Waals surface area contributed by atoms with Gasteiger partial charge in [0.1, 0.15) is 0 Å². The average molecular weight is 145 g/mol. The molecule has 0 aliphatic heterocycles. The third kappa shape index (κ3) is 4.73. The Kier molecular flexibility index (Phi) is 6.91. The highest BCUT2D eigenvalue weighted by molar-refractivity contribution is 4.64. The van der Waals surface area contributed by atoms with Gasteiger partial charge in [-0.2, -0.15) is 0 Å². The van der Waals surface area contributed by atoms with Crippen molar-refractivity contribution in [3.05, 3.63) is 0 Å². The zero-order chi connectivity index (χ0) is 7.82. The maximum absolute atomic E-state index is 5.31. The molecule has 0 aromatic rings. The summed E-state index contributed by atoms with van der Waals surface area (Å²) in [6.45, 7) is 4.83. The van der Waals surface area contributed by atoms with Gasteiger partial charge in [-0.1, -0.05) is 6.92 Å². The van der Waals surface area contributed by atoms with Crippen molar-refractivity contribution in [3.63, 3.8) is 0 Å². The van der Waals surface area contributed by atoms with Crippen molar-refractivity contribution in [1.82, 2.24) is 10.6 Å². The Morgan fingerprint density at radius 2 is 2.20 bits per heavy atom. The van der Waals surface area contributed by atoms with Crippen LogP contribution in [-0.2, 0) is 0 Å². The van der Waals surface area contributed by atoms with Crippen molar-refractivity contribution < 1.29 is 0 Å². The minimum absolute atomic E-state index is 0.589. The van der Waals surface area contributed by atoms with Gasteiger partial charge >= 0.3 is 0 Å². The number of nitrogens with two attached hydrogens (primary N) is 1. The third-order valence-corrected chi connectivity index (χ3v) is 1.61. The van der Waals surface area contributed by atoms with Crippen LogP contribution in [0.4, 0.5) is 0 Å². The molecule has 62 valence electrons. The van der Waals surface area contributed by atoms with Crippen LogP contribution in [0.2, 0.25) is 0 Å². The van der Waals surface area contributed by atoms with Gasteiger partial charge in [0.2, 0.25) is 0 Å². The van der Waals surface area contributed by atoms with Crippen LogP contribution in [0.1, 0.15) is 13.3 Å². The molecule has 4 N–H and O–H groups in total. The Labute approximate surface area is 63.4 Å². The SMILES string of the molecule is CCC(CNCCN)NC. The first-order valence-electron chi connectivity index (χ1n) is 3.93. The molecule has 1 unspecified atom stereocenters. The zero-order valence-electron chi connectivity index (χ0n) is 6.98. The fourth-order valence-corrected chi connectivity index (χ4v) is 0.829. The Morgan fingerprint density at radius 1 is 1.50 bits per heavy atom. The molecule has 0 heterocycles. The number of hydrogen-bond donors (Lipinski definition) is 3. The number of nitrogens with one attached hydrogen (secondary N) is 2. The molecule has 0 aromatic carbocycles. The average Bonchev–Trinajstić information content (AvgIpc) is 1.99. The molecule has 0 amide bonds. The second kappa shape index (κ2) is 6.99. The number of likely N-dealkylation sites (N-methyl/N-ethyl adjacent to an activating group) is 1. The van der Waals surface area contributed by atoms with Crippen LogP contribution < -0.4 is 16.4 Å². The summed E-state index contributed by atoms with van der Waals surface area (Å²) in [5.74, 6) is 0. The highest BCUT2D eigenvalue weighted by Crippen LogP contribution is 1.85. The maximum atomic E-state index is 5.31. The van der Waals surface area contributed by atoms with Gasteiger partial charge in [0.25, 0.3) is 0 Å². The van der Waals surface area contributed by atoms with Crippen LogP contribution in [0.25, 0.3) is 0 Å². The molecule has 0 radical (unpaired) electrons. The Hall–Kier alpha value is -0.120. The van der Waals surface area contributed by atoms with Gasteiger partial charge in [0, 0.05) is 25.7 Å². The van der Waals surface area contributed by atoms with Crippen LogP contribution in [0.15, 0.2) is 0 Å². The highest BCUT2D eigenvalue weighted by atomic mass is 15.0. The summed E-state index contributed by atoms with van der Waals surface area (Å²) in [5, 5.41) is 6.46. The van der Waals surface area contributed by atoms with E-state index in [0.29, 0.717) is 6.04 Å². The lowest BCUT2D eigenvalue weighted by Crippen LogP contribution is -2.37. The molecule has 1 atom stereocenters. The molecule has 0 aromatic heterocycles. The summed E-state index contributed by atoms with van der Waals surface area (Å²) in [7, 11) is 1.98. The van der Waals surface area contributed by atoms with E-state index in [-0.39, 0.29) is 0 Å². The molecule has 0 aliphatic rings. The summed E-state index contributed by atoms with van der Waals surface area (Å²) in [4.78, 5) is 0. The van der Waals surface area contributed by atoms with E-state index in [1.165, 1.54) is 0 Å². The largest absolute Gasteiger partial charge is 0.329 e. The standard InChI is InChI=1S/C7H19N3/c1-3-7(9-2)6-10-5-4-8/h7,9-10H,3-6,8H2,1-2H3. The van der Waals surface area contributed by atoms with E-state index in [1.807, 2.05) is 7.05 Å². The first-order valence-corrected chi connectivity index (χ1v) is 3.93. The lowest BCUT2D eigenvalue weighted by molar-refractivity contribution is 0.499. The van der Waals surface area contributed by atoms with Crippen molar-refractivity contribution >= 4 is 0 Å². The van der Waals surface area contributed by atoms with Crippen molar-refractivity contribution in [2.45, 2.75) is 19.4 Å². The molecular weight excluding hydrogens is 126 g/mol. The normalized spacial score (nSPS) is 13.5. The smallest absolute Gasteiger partial charge is 0.0186 e. The first kappa shape index (κ1) is 9.88. The van der Waals surface area contributed by atoms with E-state index in [0.717, 1.165) is 26.1 Å². The molecule has 0 spiro atoms. The van der Waals surface area contributed by atoms with Crippen LogP contribution in [0, 0.1) is 0 Å². The summed E-state index contributed by atoms with van der Waals surface area (Å²) >= 11 is 0. The van der Waals surface area contributed by atoms with Gasteiger partial charge in [-0.15, -0.1) is 0 Å². The minimum Gasteiger partial charge on any atom is -0.329 e. The molecular formula is C7H19N3. The number of rotatable bonds is 6. The van der Waals surface area contributed by atoms with Gasteiger partial charge in [-0.05, 0) is 13.5 Å². The lowest BCUT2D eigenvalue weighted by atomic mass is 10.2. The predicted molar refractivity (Wildman–Crippen MR) is 45.1 cm³/mol. The molecule has 10 heavy (non-hydrogen) atoms. The fraction of sp³-hybridized carbons (Fsp3) is 1.00. The molecule has 0 saturated carbocycles. The van der Waals surface area contributed by atoms with E-state index in [4.69, 9.17) is 5.73 Å². The topological polar surface area (TPSA) is 50.1 Å². The van der Waals surface area contributed by atoms with Gasteiger partial charge < -0.3 is 16.4 Å². The quantitative estimate of drug-likeness (QED) is 0.443. The number of hydrogen-bond acceptors (Lipinski definition) is 3. The van der Waals surface area contributed by atoms with E-state index in [2.05, 4.69) is 17.6 Å².